The fraction of sp³-hybridized carbons (Fsp3) is 0.192. The summed E-state index contributed by atoms with van der Waals surface area (Å²) in [5.41, 5.74) is 2.13. The van der Waals surface area contributed by atoms with Gasteiger partial charge in [0.05, 0.1) is 12.2 Å². The van der Waals surface area contributed by atoms with Gasteiger partial charge >= 0.3 is 6.03 Å². The Labute approximate surface area is 221 Å². The first kappa shape index (κ1) is 25.2. The Hall–Kier alpha value is -4.45. The molecule has 3 heterocycles. The maximum absolute atomic E-state index is 14.8. The van der Waals surface area contributed by atoms with Crippen LogP contribution in [0.2, 0.25) is 0 Å². The van der Waals surface area contributed by atoms with E-state index in [1.165, 1.54) is 17.4 Å². The molecule has 2 aromatic heterocycles. The molecule has 1 aliphatic heterocycles. The van der Waals surface area contributed by atoms with Crippen molar-refractivity contribution in [2.75, 3.05) is 22.1 Å². The molecule has 0 aliphatic carbocycles. The van der Waals surface area contributed by atoms with Crippen molar-refractivity contribution in [3.63, 3.8) is 0 Å². The normalized spacial score (nSPS) is 12.6. The number of fused-ring (bicyclic) bond motifs is 1. The average molecular weight is 536 g/mol. The zero-order valence-corrected chi connectivity index (χ0v) is 21.3. The Bertz CT molecular complexity index is 1510. The number of halogens is 2. The molecule has 3 N–H and O–H groups in total. The third-order valence-electron chi connectivity index (χ3n) is 5.92. The molecule has 12 heteroatoms. The fourth-order valence-electron chi connectivity index (χ4n) is 4.08. The van der Waals surface area contributed by atoms with Crippen molar-refractivity contribution in [3.8, 4) is 11.3 Å². The predicted octanol–water partition coefficient (Wildman–Crippen LogP) is 5.62. The van der Waals surface area contributed by atoms with Gasteiger partial charge in [-0.3, -0.25) is 10.1 Å². The summed E-state index contributed by atoms with van der Waals surface area (Å²) < 4.78 is 29.6. The highest BCUT2D eigenvalue weighted by Gasteiger charge is 2.34. The fourth-order valence-corrected chi connectivity index (χ4v) is 4.60. The van der Waals surface area contributed by atoms with Gasteiger partial charge in [0.25, 0.3) is 5.91 Å². The van der Waals surface area contributed by atoms with Crippen molar-refractivity contribution in [1.29, 1.82) is 0 Å². The molecule has 5 rings (SSSR count). The summed E-state index contributed by atoms with van der Waals surface area (Å²) in [7, 11) is 0. The summed E-state index contributed by atoms with van der Waals surface area (Å²) in [6, 6.07) is 7.82. The van der Waals surface area contributed by atoms with E-state index in [1.54, 1.807) is 29.8 Å². The molecule has 0 saturated carbocycles. The minimum Gasteiger partial charge on any atom is -0.354 e. The SMILES string of the molecule is CCCNc1nc(-c2cc(C(=O)Nc3nccs3)ccc2C)c2c(n1)N(c1c(F)cccc1F)C(=O)NC2. The lowest BCUT2D eigenvalue weighted by Gasteiger charge is -2.31. The summed E-state index contributed by atoms with van der Waals surface area (Å²) >= 11 is 1.30. The van der Waals surface area contributed by atoms with Gasteiger partial charge in [-0.15, -0.1) is 11.3 Å². The summed E-state index contributed by atoms with van der Waals surface area (Å²) in [4.78, 5) is 40.0. The van der Waals surface area contributed by atoms with Crippen LogP contribution in [0.5, 0.6) is 0 Å². The van der Waals surface area contributed by atoms with Crippen molar-refractivity contribution in [2.24, 2.45) is 0 Å². The molecule has 2 aromatic carbocycles. The molecule has 0 unspecified atom stereocenters. The Kier molecular flexibility index (Phi) is 6.97. The van der Waals surface area contributed by atoms with Gasteiger partial charge < -0.3 is 10.6 Å². The number of nitrogens with zero attached hydrogens (tertiary/aromatic N) is 4. The van der Waals surface area contributed by atoms with Gasteiger partial charge in [0.1, 0.15) is 17.3 Å². The molecule has 9 nitrogen and oxygen atoms in total. The van der Waals surface area contributed by atoms with Crippen molar-refractivity contribution < 1.29 is 18.4 Å². The third kappa shape index (κ3) is 4.77. The zero-order chi connectivity index (χ0) is 26.8. The van der Waals surface area contributed by atoms with E-state index in [2.05, 4.69) is 25.9 Å². The van der Waals surface area contributed by atoms with E-state index < -0.39 is 23.4 Å². The monoisotopic (exact) mass is 535 g/mol. The van der Waals surface area contributed by atoms with Crippen LogP contribution < -0.4 is 20.9 Å². The van der Waals surface area contributed by atoms with Crippen LogP contribution in [0.15, 0.2) is 48.0 Å². The number of hydrogen-bond acceptors (Lipinski definition) is 7. The molecule has 0 saturated heterocycles. The quantitative estimate of drug-likeness (QED) is 0.283. The summed E-state index contributed by atoms with van der Waals surface area (Å²) in [5.74, 6) is -1.93. The van der Waals surface area contributed by atoms with Crippen LogP contribution in [-0.2, 0) is 6.54 Å². The smallest absolute Gasteiger partial charge is 0.328 e. The van der Waals surface area contributed by atoms with Gasteiger partial charge in [-0.1, -0.05) is 19.1 Å². The molecule has 0 spiro atoms. The average Bonchev–Trinajstić information content (AvgIpc) is 3.41. The van der Waals surface area contributed by atoms with Gasteiger partial charge in [0.2, 0.25) is 5.95 Å². The number of benzene rings is 2. The molecule has 0 bridgehead atoms. The molecule has 1 aliphatic rings. The number of anilines is 4. The second-order valence-electron chi connectivity index (χ2n) is 8.51. The first-order valence-electron chi connectivity index (χ1n) is 11.9. The van der Waals surface area contributed by atoms with Crippen molar-refractivity contribution in [2.45, 2.75) is 26.8 Å². The van der Waals surface area contributed by atoms with E-state index in [0.29, 0.717) is 34.1 Å². The topological polar surface area (TPSA) is 112 Å². The largest absolute Gasteiger partial charge is 0.354 e. The van der Waals surface area contributed by atoms with Crippen LogP contribution in [0.4, 0.5) is 36.2 Å². The molecule has 0 radical (unpaired) electrons. The van der Waals surface area contributed by atoms with E-state index in [0.717, 1.165) is 29.0 Å². The predicted molar refractivity (Wildman–Crippen MR) is 142 cm³/mol. The minimum atomic E-state index is -0.909. The summed E-state index contributed by atoms with van der Waals surface area (Å²) in [6.45, 7) is 4.39. The lowest BCUT2D eigenvalue weighted by atomic mass is 9.97. The number of para-hydroxylation sites is 1. The van der Waals surface area contributed by atoms with Crippen LogP contribution >= 0.6 is 11.3 Å². The lowest BCUT2D eigenvalue weighted by Crippen LogP contribution is -2.43. The van der Waals surface area contributed by atoms with E-state index in [4.69, 9.17) is 4.98 Å². The van der Waals surface area contributed by atoms with E-state index >= 15 is 0 Å². The maximum atomic E-state index is 14.8. The number of nitrogens with one attached hydrogen (secondary N) is 3. The third-order valence-corrected chi connectivity index (χ3v) is 6.61. The standard InChI is InChI=1S/C26H23F2N7O2S/c1-3-9-29-24-32-20(16-12-15(8-7-14(16)2)23(36)34-25-30-10-11-38-25)17-13-31-26(37)35(22(17)33-24)21-18(27)5-4-6-19(21)28/h4-8,10-12H,3,9,13H2,1-2H3,(H,31,37)(H,29,32,33)(H,30,34,36). The molecular weight excluding hydrogens is 512 g/mol. The highest BCUT2D eigenvalue weighted by Crippen LogP contribution is 2.39. The number of hydrogen-bond donors (Lipinski definition) is 3. The van der Waals surface area contributed by atoms with E-state index in [9.17, 15) is 18.4 Å². The summed E-state index contributed by atoms with van der Waals surface area (Å²) in [5, 5.41) is 10.8. The minimum absolute atomic E-state index is 0.0269. The second-order valence-corrected chi connectivity index (χ2v) is 9.40. The van der Waals surface area contributed by atoms with Crippen molar-refractivity contribution >= 4 is 45.9 Å². The molecule has 3 amide bonds. The molecular formula is C26H23F2N7O2S. The van der Waals surface area contributed by atoms with Crippen LogP contribution in [-0.4, -0.2) is 33.4 Å². The molecule has 194 valence electrons. The Morgan fingerprint density at radius 3 is 2.68 bits per heavy atom. The lowest BCUT2D eigenvalue weighted by molar-refractivity contribution is 0.102. The van der Waals surface area contributed by atoms with Crippen molar-refractivity contribution in [3.05, 3.63) is 76.3 Å². The van der Waals surface area contributed by atoms with Crippen LogP contribution in [0.1, 0.15) is 34.8 Å². The second kappa shape index (κ2) is 10.5. The van der Waals surface area contributed by atoms with Gasteiger partial charge in [0.15, 0.2) is 10.9 Å². The van der Waals surface area contributed by atoms with Gasteiger partial charge in [-0.2, -0.15) is 4.98 Å². The summed E-state index contributed by atoms with van der Waals surface area (Å²) in [6.07, 6.45) is 2.37. The van der Waals surface area contributed by atoms with Crippen LogP contribution in [0.25, 0.3) is 11.3 Å². The highest BCUT2D eigenvalue weighted by molar-refractivity contribution is 7.13. The molecule has 0 fully saturated rings. The Morgan fingerprint density at radius 2 is 1.97 bits per heavy atom. The molecule has 0 atom stereocenters. The zero-order valence-electron chi connectivity index (χ0n) is 20.5. The number of aryl methyl sites for hydroxylation is 1. The number of amides is 3. The molecule has 38 heavy (non-hydrogen) atoms. The van der Waals surface area contributed by atoms with Gasteiger partial charge in [0, 0.05) is 34.8 Å². The first-order valence-corrected chi connectivity index (χ1v) is 12.7. The number of rotatable bonds is 7. The van der Waals surface area contributed by atoms with Crippen LogP contribution in [0.3, 0.4) is 0 Å². The number of thiazole rings is 1. The number of carbonyl (C=O) groups is 2. The Balaban J connectivity index is 1.67. The van der Waals surface area contributed by atoms with Crippen LogP contribution in [0, 0.1) is 18.6 Å². The Morgan fingerprint density at radius 1 is 1.18 bits per heavy atom. The highest BCUT2D eigenvalue weighted by atomic mass is 32.1. The number of carbonyl (C=O) groups excluding carboxylic acids is 2. The molecule has 4 aromatic rings. The van der Waals surface area contributed by atoms with Gasteiger partial charge in [-0.05, 0) is 43.2 Å². The number of aromatic nitrogens is 3. The van der Waals surface area contributed by atoms with E-state index in [1.807, 2.05) is 13.8 Å². The maximum Gasteiger partial charge on any atom is 0.328 e. The van der Waals surface area contributed by atoms with Crippen molar-refractivity contribution in [1.82, 2.24) is 20.3 Å². The number of urea groups is 1. The van der Waals surface area contributed by atoms with Gasteiger partial charge in [-0.25, -0.2) is 28.4 Å². The first-order chi connectivity index (χ1) is 18.4. The van der Waals surface area contributed by atoms with E-state index in [-0.39, 0.29) is 24.2 Å².